The standard InChI is InChI=1S/C5H7BN2/c6-4-1-2-5(7)8-3-4/h3H,1-2H2,(H2,7,8). The molecule has 0 atom stereocenters. The van der Waals surface area contributed by atoms with Gasteiger partial charge in [0.25, 0.3) is 0 Å². The van der Waals surface area contributed by atoms with Crippen molar-refractivity contribution in [2.75, 3.05) is 0 Å². The molecule has 0 aliphatic carbocycles. The first kappa shape index (κ1) is 5.41. The van der Waals surface area contributed by atoms with Gasteiger partial charge < -0.3 is 5.73 Å². The van der Waals surface area contributed by atoms with Gasteiger partial charge >= 0.3 is 0 Å². The van der Waals surface area contributed by atoms with Crippen LogP contribution in [-0.4, -0.2) is 13.7 Å². The van der Waals surface area contributed by atoms with E-state index in [0.717, 1.165) is 18.3 Å². The molecule has 0 aromatic carbocycles. The maximum absolute atomic E-state index is 5.40. The van der Waals surface area contributed by atoms with Gasteiger partial charge in [0.2, 0.25) is 0 Å². The molecule has 2 N–H and O–H groups in total. The second-order valence-electron chi connectivity index (χ2n) is 1.82. The second-order valence-corrected chi connectivity index (χ2v) is 1.82. The Morgan fingerprint density at radius 2 is 2.38 bits per heavy atom. The zero-order valence-corrected chi connectivity index (χ0v) is 4.59. The summed E-state index contributed by atoms with van der Waals surface area (Å²) in [7, 11) is 5.40. The Bertz CT molecular complexity index is 131. The highest BCUT2D eigenvalue weighted by atomic mass is 14.8. The van der Waals surface area contributed by atoms with Gasteiger partial charge in [-0.25, -0.2) is 4.99 Å². The maximum Gasteiger partial charge on any atom is 0.109 e. The highest BCUT2D eigenvalue weighted by Crippen LogP contribution is 2.05. The molecule has 0 unspecified atom stereocenters. The molecule has 3 heteroatoms. The summed E-state index contributed by atoms with van der Waals surface area (Å²) < 4.78 is 0. The fourth-order valence-corrected chi connectivity index (χ4v) is 0.567. The lowest BCUT2D eigenvalue weighted by Gasteiger charge is -2.04. The first-order chi connectivity index (χ1) is 3.79. The van der Waals surface area contributed by atoms with Gasteiger partial charge in [-0.15, -0.1) is 0 Å². The Morgan fingerprint density at radius 3 is 2.75 bits per heavy atom. The number of amidine groups is 1. The van der Waals surface area contributed by atoms with Crippen molar-refractivity contribution < 1.29 is 0 Å². The van der Waals surface area contributed by atoms with Crippen molar-refractivity contribution in [2.45, 2.75) is 12.8 Å². The zero-order valence-electron chi connectivity index (χ0n) is 4.59. The molecule has 1 heterocycles. The molecular formula is C5H7BN2. The quantitative estimate of drug-likeness (QED) is 0.438. The number of rotatable bonds is 0. The SMILES string of the molecule is [B]C1=CN=C(N)CC1. The van der Waals surface area contributed by atoms with E-state index >= 15 is 0 Å². The summed E-state index contributed by atoms with van der Waals surface area (Å²) in [5.74, 6) is 0.680. The van der Waals surface area contributed by atoms with E-state index in [2.05, 4.69) is 4.99 Å². The minimum absolute atomic E-state index is 0.680. The summed E-state index contributed by atoms with van der Waals surface area (Å²) >= 11 is 0. The molecule has 0 bridgehead atoms. The summed E-state index contributed by atoms with van der Waals surface area (Å²) in [6.45, 7) is 0. The first-order valence-corrected chi connectivity index (χ1v) is 2.55. The van der Waals surface area contributed by atoms with Gasteiger partial charge in [-0.05, 0) is 6.42 Å². The second kappa shape index (κ2) is 2.03. The highest BCUT2D eigenvalue weighted by molar-refractivity contribution is 6.22. The molecule has 0 saturated heterocycles. The summed E-state index contributed by atoms with van der Waals surface area (Å²) in [4.78, 5) is 3.82. The molecule has 0 aromatic rings. The minimum Gasteiger partial charge on any atom is -0.387 e. The lowest BCUT2D eigenvalue weighted by Crippen LogP contribution is -2.13. The third-order valence-corrected chi connectivity index (χ3v) is 1.07. The number of allylic oxidation sites excluding steroid dienone is 1. The van der Waals surface area contributed by atoms with Gasteiger partial charge in [-0.2, -0.15) is 0 Å². The number of hydrogen-bond acceptors (Lipinski definition) is 2. The number of hydrogen-bond donors (Lipinski definition) is 1. The smallest absolute Gasteiger partial charge is 0.109 e. The number of nitrogens with two attached hydrogens (primary N) is 1. The van der Waals surface area contributed by atoms with Crippen molar-refractivity contribution in [1.29, 1.82) is 0 Å². The fraction of sp³-hybridized carbons (Fsp3) is 0.400. The molecule has 2 nitrogen and oxygen atoms in total. The van der Waals surface area contributed by atoms with Crippen LogP contribution in [-0.2, 0) is 0 Å². The molecule has 0 spiro atoms. The van der Waals surface area contributed by atoms with E-state index in [1.807, 2.05) is 0 Å². The van der Waals surface area contributed by atoms with E-state index in [0.29, 0.717) is 5.84 Å². The van der Waals surface area contributed by atoms with Crippen molar-refractivity contribution in [2.24, 2.45) is 10.7 Å². The monoisotopic (exact) mass is 106 g/mol. The van der Waals surface area contributed by atoms with E-state index in [4.69, 9.17) is 13.6 Å². The van der Waals surface area contributed by atoms with E-state index < -0.39 is 0 Å². The minimum atomic E-state index is 0.680. The first-order valence-electron chi connectivity index (χ1n) is 2.55. The van der Waals surface area contributed by atoms with E-state index in [-0.39, 0.29) is 0 Å². The Morgan fingerprint density at radius 1 is 1.62 bits per heavy atom. The molecule has 0 saturated carbocycles. The molecular weight excluding hydrogens is 98.9 g/mol. The predicted octanol–water partition coefficient (Wildman–Crippen LogP) is 0.147. The van der Waals surface area contributed by atoms with Crippen molar-refractivity contribution in [3.63, 3.8) is 0 Å². The van der Waals surface area contributed by atoms with Crippen molar-refractivity contribution in [1.82, 2.24) is 0 Å². The number of nitrogens with zero attached hydrogens (tertiary/aromatic N) is 1. The van der Waals surface area contributed by atoms with E-state index in [1.165, 1.54) is 0 Å². The Labute approximate surface area is 49.9 Å². The fourth-order valence-electron chi connectivity index (χ4n) is 0.567. The molecule has 1 rings (SSSR count). The van der Waals surface area contributed by atoms with Gasteiger partial charge in [0.1, 0.15) is 7.85 Å². The molecule has 1 aliphatic rings. The Kier molecular flexibility index (Phi) is 1.37. The summed E-state index contributed by atoms with van der Waals surface area (Å²) in [5, 5.41) is 0. The van der Waals surface area contributed by atoms with Gasteiger partial charge in [0, 0.05) is 12.6 Å². The third kappa shape index (κ3) is 1.12. The average Bonchev–Trinajstić information content (AvgIpc) is 1.77. The molecule has 2 radical (unpaired) electrons. The molecule has 0 fully saturated rings. The van der Waals surface area contributed by atoms with Crippen LogP contribution in [0.3, 0.4) is 0 Å². The van der Waals surface area contributed by atoms with Crippen LogP contribution in [0.25, 0.3) is 0 Å². The van der Waals surface area contributed by atoms with E-state index in [9.17, 15) is 0 Å². The largest absolute Gasteiger partial charge is 0.387 e. The van der Waals surface area contributed by atoms with Crippen LogP contribution in [0.15, 0.2) is 16.7 Å². The molecule has 40 valence electrons. The van der Waals surface area contributed by atoms with Gasteiger partial charge in [0.15, 0.2) is 0 Å². The highest BCUT2D eigenvalue weighted by Gasteiger charge is 1.97. The maximum atomic E-state index is 5.40. The summed E-state index contributed by atoms with van der Waals surface area (Å²) in [5.41, 5.74) is 6.17. The Balaban J connectivity index is 2.65. The summed E-state index contributed by atoms with van der Waals surface area (Å²) in [6, 6.07) is 0. The van der Waals surface area contributed by atoms with Crippen molar-refractivity contribution >= 4 is 13.7 Å². The van der Waals surface area contributed by atoms with Crippen LogP contribution < -0.4 is 5.73 Å². The topological polar surface area (TPSA) is 38.4 Å². The van der Waals surface area contributed by atoms with Gasteiger partial charge in [-0.1, -0.05) is 5.47 Å². The summed E-state index contributed by atoms with van der Waals surface area (Å²) in [6.07, 6.45) is 3.27. The van der Waals surface area contributed by atoms with Crippen molar-refractivity contribution in [3.8, 4) is 0 Å². The molecule has 0 aromatic heterocycles. The van der Waals surface area contributed by atoms with Crippen LogP contribution in [0.1, 0.15) is 12.8 Å². The predicted molar refractivity (Wildman–Crippen MR) is 34.7 cm³/mol. The van der Waals surface area contributed by atoms with Gasteiger partial charge in [0.05, 0.1) is 5.84 Å². The Hall–Kier alpha value is -0.725. The lowest BCUT2D eigenvalue weighted by atomic mass is 9.91. The zero-order chi connectivity index (χ0) is 5.98. The molecule has 0 amide bonds. The molecule has 8 heavy (non-hydrogen) atoms. The van der Waals surface area contributed by atoms with Crippen molar-refractivity contribution in [3.05, 3.63) is 11.7 Å². The molecule has 1 aliphatic heterocycles. The van der Waals surface area contributed by atoms with Crippen LogP contribution in [0, 0.1) is 0 Å². The van der Waals surface area contributed by atoms with Crippen LogP contribution in [0.4, 0.5) is 0 Å². The van der Waals surface area contributed by atoms with Crippen LogP contribution >= 0.6 is 0 Å². The van der Waals surface area contributed by atoms with Gasteiger partial charge in [-0.3, -0.25) is 0 Å². The van der Waals surface area contributed by atoms with Crippen LogP contribution in [0.2, 0.25) is 0 Å². The lowest BCUT2D eigenvalue weighted by molar-refractivity contribution is 1.02. The normalized spacial score (nSPS) is 19.5. The average molecular weight is 106 g/mol. The third-order valence-electron chi connectivity index (χ3n) is 1.07. The van der Waals surface area contributed by atoms with Crippen LogP contribution in [0.5, 0.6) is 0 Å². The number of aliphatic imine (C=N–C) groups is 1. The van der Waals surface area contributed by atoms with E-state index in [1.54, 1.807) is 6.20 Å².